The number of nitrogens with one attached hydrogen (secondary N) is 1. The molecule has 0 unspecified atom stereocenters. The summed E-state index contributed by atoms with van der Waals surface area (Å²) in [4.78, 5) is 11.8. The Morgan fingerprint density at radius 2 is 1.77 bits per heavy atom. The summed E-state index contributed by atoms with van der Waals surface area (Å²) >= 11 is 0. The van der Waals surface area contributed by atoms with Crippen LogP contribution in [0.1, 0.15) is 10.4 Å². The Morgan fingerprint density at radius 3 is 2.32 bits per heavy atom. The number of carbonyl (C=O) groups excluding carboxylic acids is 1. The highest BCUT2D eigenvalue weighted by atomic mass is 19.3. The highest BCUT2D eigenvalue weighted by Gasteiger charge is 2.18. The number of anilines is 1. The standard InChI is InChI=1S/C14H9F4NO3/c15-7-5-10(16)12(11(20)6-7)13(21)19-8-1-3-9(4-2-8)22-14(17)18/h1-6,14,20H,(H,19,21). The summed E-state index contributed by atoms with van der Waals surface area (Å²) in [7, 11) is 0. The molecule has 0 saturated carbocycles. The van der Waals surface area contributed by atoms with Crippen LogP contribution in [0.4, 0.5) is 23.2 Å². The molecule has 22 heavy (non-hydrogen) atoms. The zero-order valence-electron chi connectivity index (χ0n) is 10.8. The van der Waals surface area contributed by atoms with Gasteiger partial charge in [-0.15, -0.1) is 0 Å². The normalized spacial score (nSPS) is 10.6. The Kier molecular flexibility index (Phi) is 4.50. The van der Waals surface area contributed by atoms with Crippen LogP contribution in [0.25, 0.3) is 0 Å². The number of hydrogen-bond acceptors (Lipinski definition) is 3. The molecular formula is C14H9F4NO3. The van der Waals surface area contributed by atoms with Gasteiger partial charge in [0.2, 0.25) is 0 Å². The van der Waals surface area contributed by atoms with Gasteiger partial charge in [0, 0.05) is 17.8 Å². The van der Waals surface area contributed by atoms with E-state index in [1.165, 1.54) is 24.3 Å². The number of carbonyl (C=O) groups is 1. The van der Waals surface area contributed by atoms with E-state index in [0.29, 0.717) is 12.1 Å². The van der Waals surface area contributed by atoms with Gasteiger partial charge in [0.1, 0.15) is 28.7 Å². The van der Waals surface area contributed by atoms with Gasteiger partial charge in [-0.1, -0.05) is 0 Å². The van der Waals surface area contributed by atoms with Crippen LogP contribution in [0.3, 0.4) is 0 Å². The summed E-state index contributed by atoms with van der Waals surface area (Å²) in [6.45, 7) is -2.98. The summed E-state index contributed by atoms with van der Waals surface area (Å²) in [6.07, 6.45) is 0. The predicted octanol–water partition coefficient (Wildman–Crippen LogP) is 3.52. The summed E-state index contributed by atoms with van der Waals surface area (Å²) in [5, 5.41) is 11.7. The fraction of sp³-hybridized carbons (Fsp3) is 0.0714. The minimum Gasteiger partial charge on any atom is -0.507 e. The van der Waals surface area contributed by atoms with Gasteiger partial charge in [-0.05, 0) is 24.3 Å². The molecule has 0 aliphatic rings. The molecule has 2 N–H and O–H groups in total. The van der Waals surface area contributed by atoms with E-state index in [1.54, 1.807) is 0 Å². The minimum atomic E-state index is -2.98. The Bertz CT molecular complexity index is 666. The molecule has 0 aliphatic carbocycles. The van der Waals surface area contributed by atoms with Crippen LogP contribution < -0.4 is 10.1 Å². The Hall–Kier alpha value is -2.77. The fourth-order valence-electron chi connectivity index (χ4n) is 1.70. The third-order valence-electron chi connectivity index (χ3n) is 2.60. The van der Waals surface area contributed by atoms with Crippen molar-refractivity contribution in [2.24, 2.45) is 0 Å². The van der Waals surface area contributed by atoms with Crippen LogP contribution in [-0.4, -0.2) is 17.6 Å². The number of phenols is 1. The van der Waals surface area contributed by atoms with Gasteiger partial charge in [-0.25, -0.2) is 8.78 Å². The molecule has 2 rings (SSSR count). The van der Waals surface area contributed by atoms with Gasteiger partial charge in [0.05, 0.1) is 0 Å². The summed E-state index contributed by atoms with van der Waals surface area (Å²) in [5.74, 6) is -4.25. The monoisotopic (exact) mass is 315 g/mol. The number of halogens is 4. The van der Waals surface area contributed by atoms with Gasteiger partial charge in [0.25, 0.3) is 5.91 Å². The second kappa shape index (κ2) is 6.33. The van der Waals surface area contributed by atoms with Crippen LogP contribution in [0, 0.1) is 11.6 Å². The third kappa shape index (κ3) is 3.66. The van der Waals surface area contributed by atoms with Crippen molar-refractivity contribution in [1.29, 1.82) is 0 Å². The number of aromatic hydroxyl groups is 1. The SMILES string of the molecule is O=C(Nc1ccc(OC(F)F)cc1)c1c(O)cc(F)cc1F. The van der Waals surface area contributed by atoms with Crippen LogP contribution >= 0.6 is 0 Å². The quantitative estimate of drug-likeness (QED) is 0.849. The van der Waals surface area contributed by atoms with Gasteiger partial charge in [-0.2, -0.15) is 8.78 Å². The molecule has 0 bridgehead atoms. The summed E-state index contributed by atoms with van der Waals surface area (Å²) in [5.41, 5.74) is -0.580. The molecule has 1 amide bonds. The Labute approximate surface area is 121 Å². The smallest absolute Gasteiger partial charge is 0.387 e. The first-order chi connectivity index (χ1) is 10.4. The lowest BCUT2D eigenvalue weighted by Gasteiger charge is -2.09. The molecule has 116 valence electrons. The van der Waals surface area contributed by atoms with Crippen molar-refractivity contribution in [2.75, 3.05) is 5.32 Å². The first kappa shape index (κ1) is 15.6. The molecule has 8 heteroatoms. The second-order valence-corrected chi connectivity index (χ2v) is 4.14. The maximum atomic E-state index is 13.5. The molecule has 0 fully saturated rings. The van der Waals surface area contributed by atoms with E-state index < -0.39 is 35.5 Å². The van der Waals surface area contributed by atoms with Crippen molar-refractivity contribution in [1.82, 2.24) is 0 Å². The number of benzene rings is 2. The molecule has 2 aromatic carbocycles. The van der Waals surface area contributed by atoms with Crippen molar-refractivity contribution in [3.05, 3.63) is 53.6 Å². The first-order valence-corrected chi connectivity index (χ1v) is 5.91. The minimum absolute atomic E-state index is 0.121. The van der Waals surface area contributed by atoms with Crippen LogP contribution in [0.5, 0.6) is 11.5 Å². The van der Waals surface area contributed by atoms with Crippen LogP contribution in [0.15, 0.2) is 36.4 Å². The third-order valence-corrected chi connectivity index (χ3v) is 2.60. The molecule has 0 atom stereocenters. The molecule has 0 spiro atoms. The van der Waals surface area contributed by atoms with E-state index in [1.807, 2.05) is 0 Å². The molecule has 0 radical (unpaired) electrons. The van der Waals surface area contributed by atoms with Gasteiger partial charge >= 0.3 is 6.61 Å². The number of rotatable bonds is 4. The highest BCUT2D eigenvalue weighted by molar-refractivity contribution is 6.06. The second-order valence-electron chi connectivity index (χ2n) is 4.14. The number of phenolic OH excluding ortho intramolecular Hbond substituents is 1. The Morgan fingerprint density at radius 1 is 1.14 bits per heavy atom. The van der Waals surface area contributed by atoms with Gasteiger partial charge < -0.3 is 15.2 Å². The average Bonchev–Trinajstić information content (AvgIpc) is 2.39. The molecule has 0 aromatic heterocycles. The number of hydrogen-bond donors (Lipinski definition) is 2. The molecule has 0 heterocycles. The fourth-order valence-corrected chi connectivity index (χ4v) is 1.70. The average molecular weight is 315 g/mol. The predicted molar refractivity (Wildman–Crippen MR) is 69.0 cm³/mol. The molecule has 2 aromatic rings. The number of alkyl halides is 2. The van der Waals surface area contributed by atoms with Crippen LogP contribution in [-0.2, 0) is 0 Å². The van der Waals surface area contributed by atoms with Crippen molar-refractivity contribution < 1.29 is 32.2 Å². The van der Waals surface area contributed by atoms with Crippen molar-refractivity contribution in [3.8, 4) is 11.5 Å². The maximum Gasteiger partial charge on any atom is 0.387 e. The van der Waals surface area contributed by atoms with E-state index in [4.69, 9.17) is 0 Å². The molecular weight excluding hydrogens is 306 g/mol. The van der Waals surface area contributed by atoms with E-state index >= 15 is 0 Å². The Balaban J connectivity index is 2.15. The van der Waals surface area contributed by atoms with Crippen molar-refractivity contribution >= 4 is 11.6 Å². The van der Waals surface area contributed by atoms with E-state index in [2.05, 4.69) is 10.1 Å². The zero-order chi connectivity index (χ0) is 16.3. The van der Waals surface area contributed by atoms with Crippen LogP contribution in [0.2, 0.25) is 0 Å². The lowest BCUT2D eigenvalue weighted by molar-refractivity contribution is -0.0498. The van der Waals surface area contributed by atoms with E-state index in [9.17, 15) is 27.5 Å². The van der Waals surface area contributed by atoms with Crippen molar-refractivity contribution in [3.63, 3.8) is 0 Å². The molecule has 0 saturated heterocycles. The number of ether oxygens (including phenoxy) is 1. The molecule has 0 aliphatic heterocycles. The lowest BCUT2D eigenvalue weighted by Crippen LogP contribution is -2.14. The highest BCUT2D eigenvalue weighted by Crippen LogP contribution is 2.24. The summed E-state index contributed by atoms with van der Waals surface area (Å²) in [6, 6.07) is 5.87. The molecule has 4 nitrogen and oxygen atoms in total. The van der Waals surface area contributed by atoms with Crippen molar-refractivity contribution in [2.45, 2.75) is 6.61 Å². The van der Waals surface area contributed by atoms with E-state index in [-0.39, 0.29) is 11.4 Å². The summed E-state index contributed by atoms with van der Waals surface area (Å²) < 4.78 is 54.4. The topological polar surface area (TPSA) is 58.6 Å². The maximum absolute atomic E-state index is 13.5. The zero-order valence-corrected chi connectivity index (χ0v) is 10.8. The largest absolute Gasteiger partial charge is 0.507 e. The first-order valence-electron chi connectivity index (χ1n) is 5.91. The lowest BCUT2D eigenvalue weighted by atomic mass is 10.1. The number of amides is 1. The van der Waals surface area contributed by atoms with Gasteiger partial charge in [0.15, 0.2) is 0 Å². The van der Waals surface area contributed by atoms with E-state index in [0.717, 1.165) is 0 Å². The van der Waals surface area contributed by atoms with Gasteiger partial charge in [-0.3, -0.25) is 4.79 Å².